The number of carbonyl (C=O) groups is 1. The molecule has 1 aliphatic rings. The van der Waals surface area contributed by atoms with Crippen LogP contribution in [0.15, 0.2) is 54.6 Å². The molecule has 1 fully saturated rings. The lowest BCUT2D eigenvalue weighted by atomic mass is 9.95. The molecule has 0 saturated carbocycles. The standard InChI is InChI=1S/C21H27N3O3S/c1-15(2)28(26,27)23-20-14-24(3)13-19(20)16-9-11-18(12-10-16)22-21(25)17-7-5-4-6-8-17/h4-12,15,19-20,23H,13-14H2,1-3H3,(H,22,25). The Morgan fingerprint density at radius 1 is 1.04 bits per heavy atom. The lowest BCUT2D eigenvalue weighted by Crippen LogP contribution is -2.42. The predicted molar refractivity (Wildman–Crippen MR) is 112 cm³/mol. The van der Waals surface area contributed by atoms with Gasteiger partial charge in [0.2, 0.25) is 10.0 Å². The van der Waals surface area contributed by atoms with E-state index in [9.17, 15) is 13.2 Å². The van der Waals surface area contributed by atoms with Crippen LogP contribution in [-0.2, 0) is 10.0 Å². The second-order valence-electron chi connectivity index (χ2n) is 7.59. The summed E-state index contributed by atoms with van der Waals surface area (Å²) in [6.07, 6.45) is 0. The van der Waals surface area contributed by atoms with Crippen molar-refractivity contribution in [3.63, 3.8) is 0 Å². The summed E-state index contributed by atoms with van der Waals surface area (Å²) in [5.74, 6) is -0.0890. The molecule has 0 aliphatic carbocycles. The Morgan fingerprint density at radius 2 is 1.68 bits per heavy atom. The van der Waals surface area contributed by atoms with Gasteiger partial charge in [0.05, 0.1) is 5.25 Å². The third kappa shape index (κ3) is 4.79. The zero-order valence-electron chi connectivity index (χ0n) is 16.4. The van der Waals surface area contributed by atoms with Gasteiger partial charge >= 0.3 is 0 Å². The van der Waals surface area contributed by atoms with Gasteiger partial charge in [-0.05, 0) is 50.7 Å². The van der Waals surface area contributed by atoms with E-state index >= 15 is 0 Å². The molecule has 2 N–H and O–H groups in total. The third-order valence-electron chi connectivity index (χ3n) is 5.07. The number of anilines is 1. The fourth-order valence-corrected chi connectivity index (χ4v) is 4.34. The van der Waals surface area contributed by atoms with Gasteiger partial charge in [-0.3, -0.25) is 4.79 Å². The molecule has 2 unspecified atom stereocenters. The van der Waals surface area contributed by atoms with Crippen LogP contribution >= 0.6 is 0 Å². The van der Waals surface area contributed by atoms with Crippen LogP contribution in [0, 0.1) is 0 Å². The number of hydrogen-bond donors (Lipinski definition) is 2. The number of sulfonamides is 1. The fourth-order valence-electron chi connectivity index (χ4n) is 3.41. The quantitative estimate of drug-likeness (QED) is 0.780. The number of carbonyl (C=O) groups excluding carboxylic acids is 1. The Labute approximate surface area is 167 Å². The van der Waals surface area contributed by atoms with E-state index in [1.165, 1.54) is 0 Å². The normalized spacial score (nSPS) is 20.4. The highest BCUT2D eigenvalue weighted by molar-refractivity contribution is 7.90. The van der Waals surface area contributed by atoms with Gasteiger partial charge in [0.1, 0.15) is 0 Å². The molecule has 7 heteroatoms. The van der Waals surface area contributed by atoms with Crippen LogP contribution in [0.2, 0.25) is 0 Å². The first-order chi connectivity index (χ1) is 13.3. The number of benzene rings is 2. The Balaban J connectivity index is 1.72. The highest BCUT2D eigenvalue weighted by Gasteiger charge is 2.35. The third-order valence-corrected chi connectivity index (χ3v) is 6.94. The lowest BCUT2D eigenvalue weighted by molar-refractivity contribution is 0.102. The fraction of sp³-hybridized carbons (Fsp3) is 0.381. The van der Waals surface area contributed by atoms with Gasteiger partial charge in [-0.25, -0.2) is 13.1 Å². The molecule has 0 bridgehead atoms. The smallest absolute Gasteiger partial charge is 0.255 e. The van der Waals surface area contributed by atoms with Crippen LogP contribution < -0.4 is 10.0 Å². The van der Waals surface area contributed by atoms with Crippen LogP contribution in [0.5, 0.6) is 0 Å². The zero-order valence-corrected chi connectivity index (χ0v) is 17.2. The molecule has 1 saturated heterocycles. The monoisotopic (exact) mass is 401 g/mol. The summed E-state index contributed by atoms with van der Waals surface area (Å²) in [6, 6.07) is 16.5. The SMILES string of the molecule is CC(C)S(=O)(=O)NC1CN(C)CC1c1ccc(NC(=O)c2ccccc2)cc1. The average molecular weight is 402 g/mol. The maximum atomic E-state index is 12.3. The van der Waals surface area contributed by atoms with Gasteiger partial charge in [-0.15, -0.1) is 0 Å². The largest absolute Gasteiger partial charge is 0.322 e. The van der Waals surface area contributed by atoms with Crippen molar-refractivity contribution in [2.75, 3.05) is 25.5 Å². The van der Waals surface area contributed by atoms with Crippen molar-refractivity contribution in [3.05, 3.63) is 65.7 Å². The Kier molecular flexibility index (Phi) is 6.17. The molecule has 3 rings (SSSR count). The van der Waals surface area contributed by atoms with Crippen LogP contribution in [0.4, 0.5) is 5.69 Å². The topological polar surface area (TPSA) is 78.5 Å². The maximum Gasteiger partial charge on any atom is 0.255 e. The molecule has 1 heterocycles. The average Bonchev–Trinajstić information content (AvgIpc) is 3.02. The van der Waals surface area contributed by atoms with Gasteiger partial charge in [0.15, 0.2) is 0 Å². The molecule has 150 valence electrons. The van der Waals surface area contributed by atoms with Gasteiger partial charge in [0, 0.05) is 36.3 Å². The van der Waals surface area contributed by atoms with E-state index in [0.717, 1.165) is 12.1 Å². The number of rotatable bonds is 6. The highest BCUT2D eigenvalue weighted by atomic mass is 32.2. The minimum atomic E-state index is -3.33. The van der Waals surface area contributed by atoms with E-state index in [0.29, 0.717) is 17.8 Å². The molecular weight excluding hydrogens is 374 g/mol. The summed E-state index contributed by atoms with van der Waals surface area (Å²) in [5, 5.41) is 2.43. The number of nitrogens with one attached hydrogen (secondary N) is 2. The summed E-state index contributed by atoms with van der Waals surface area (Å²) >= 11 is 0. The van der Waals surface area contributed by atoms with Gasteiger partial charge in [-0.1, -0.05) is 30.3 Å². The minimum Gasteiger partial charge on any atom is -0.322 e. The molecule has 1 amide bonds. The minimum absolute atomic E-state index is 0.0670. The summed E-state index contributed by atoms with van der Waals surface area (Å²) in [7, 11) is -1.34. The van der Waals surface area contributed by atoms with E-state index in [4.69, 9.17) is 0 Å². The summed E-state index contributed by atoms with van der Waals surface area (Å²) in [5.41, 5.74) is 2.37. The van der Waals surface area contributed by atoms with E-state index in [-0.39, 0.29) is 17.9 Å². The highest BCUT2D eigenvalue weighted by Crippen LogP contribution is 2.28. The van der Waals surface area contributed by atoms with Crippen molar-refractivity contribution in [1.82, 2.24) is 9.62 Å². The first-order valence-corrected chi connectivity index (χ1v) is 11.0. The molecule has 28 heavy (non-hydrogen) atoms. The Hall–Kier alpha value is -2.22. The molecule has 0 spiro atoms. The van der Waals surface area contributed by atoms with Crippen molar-refractivity contribution in [1.29, 1.82) is 0 Å². The zero-order chi connectivity index (χ0) is 20.3. The van der Waals surface area contributed by atoms with E-state index < -0.39 is 15.3 Å². The lowest BCUT2D eigenvalue weighted by Gasteiger charge is -2.22. The van der Waals surface area contributed by atoms with E-state index in [1.807, 2.05) is 49.5 Å². The molecule has 0 radical (unpaired) electrons. The van der Waals surface area contributed by atoms with Crippen LogP contribution in [0.25, 0.3) is 0 Å². The molecule has 0 aromatic heterocycles. The predicted octanol–water partition coefficient (Wildman–Crippen LogP) is 2.66. The van der Waals surface area contributed by atoms with Gasteiger partial charge < -0.3 is 10.2 Å². The van der Waals surface area contributed by atoms with Crippen LogP contribution in [0.1, 0.15) is 35.7 Å². The van der Waals surface area contributed by atoms with Crippen molar-refractivity contribution in [2.24, 2.45) is 0 Å². The van der Waals surface area contributed by atoms with Crippen molar-refractivity contribution in [2.45, 2.75) is 31.1 Å². The first kappa shape index (κ1) is 20.5. The molecule has 1 aliphatic heterocycles. The van der Waals surface area contributed by atoms with Crippen molar-refractivity contribution >= 4 is 21.6 Å². The van der Waals surface area contributed by atoms with Crippen LogP contribution in [-0.4, -0.2) is 50.7 Å². The summed E-state index contributed by atoms with van der Waals surface area (Å²) < 4.78 is 27.5. The maximum absolute atomic E-state index is 12.3. The van der Waals surface area contributed by atoms with Gasteiger partial charge in [-0.2, -0.15) is 0 Å². The van der Waals surface area contributed by atoms with Gasteiger partial charge in [0.25, 0.3) is 5.91 Å². The number of likely N-dealkylation sites (N-methyl/N-ethyl adjacent to an activating group) is 1. The summed E-state index contributed by atoms with van der Waals surface area (Å²) in [4.78, 5) is 14.4. The molecule has 2 aromatic rings. The number of amides is 1. The summed E-state index contributed by atoms with van der Waals surface area (Å²) in [6.45, 7) is 4.81. The van der Waals surface area contributed by atoms with Crippen molar-refractivity contribution in [3.8, 4) is 0 Å². The molecule has 6 nitrogen and oxygen atoms in total. The second kappa shape index (κ2) is 8.43. The molecule has 2 atom stereocenters. The van der Waals surface area contributed by atoms with E-state index in [2.05, 4.69) is 14.9 Å². The molecular formula is C21H27N3O3S. The second-order valence-corrected chi connectivity index (χ2v) is 9.86. The Bertz CT molecular complexity index is 912. The number of nitrogens with zero attached hydrogens (tertiary/aromatic N) is 1. The van der Waals surface area contributed by atoms with E-state index in [1.54, 1.807) is 26.0 Å². The van der Waals surface area contributed by atoms with Crippen LogP contribution in [0.3, 0.4) is 0 Å². The number of likely N-dealkylation sites (tertiary alicyclic amines) is 1. The van der Waals surface area contributed by atoms with Crippen molar-refractivity contribution < 1.29 is 13.2 Å². The number of hydrogen-bond acceptors (Lipinski definition) is 4. The first-order valence-electron chi connectivity index (χ1n) is 9.42. The molecule has 2 aromatic carbocycles. The Morgan fingerprint density at radius 3 is 2.29 bits per heavy atom.